The summed E-state index contributed by atoms with van der Waals surface area (Å²) in [7, 11) is 0. The molecule has 1 unspecified atom stereocenters. The number of nitrogens with zero attached hydrogens (tertiary/aromatic N) is 1. The zero-order valence-electron chi connectivity index (χ0n) is 14.3. The number of carbonyl (C=O) groups is 1. The number of nitrogens with one attached hydrogen (secondary N) is 3. The van der Waals surface area contributed by atoms with Gasteiger partial charge in [0.2, 0.25) is 0 Å². The highest BCUT2D eigenvalue weighted by Gasteiger charge is 2.25. The maximum Gasteiger partial charge on any atom is 0.328 e. The van der Waals surface area contributed by atoms with Crippen LogP contribution in [-0.2, 0) is 13.0 Å². The van der Waals surface area contributed by atoms with E-state index in [2.05, 4.69) is 27.8 Å². The number of aromatic nitrogens is 2. The van der Waals surface area contributed by atoms with Crippen LogP contribution in [0.15, 0.2) is 40.1 Å². The molecule has 0 aliphatic heterocycles. The summed E-state index contributed by atoms with van der Waals surface area (Å²) in [5.41, 5.74) is 2.03. The Morgan fingerprint density at radius 3 is 2.76 bits per heavy atom. The molecule has 2 aromatic rings. The van der Waals surface area contributed by atoms with Crippen LogP contribution in [-0.4, -0.2) is 22.1 Å². The van der Waals surface area contributed by atoms with Gasteiger partial charge in [0.1, 0.15) is 0 Å². The van der Waals surface area contributed by atoms with E-state index in [1.54, 1.807) is 0 Å². The number of carbonyl (C=O) groups excluding carboxylic acids is 1. The van der Waals surface area contributed by atoms with E-state index >= 15 is 0 Å². The van der Waals surface area contributed by atoms with Crippen LogP contribution in [0, 0.1) is 0 Å². The van der Waals surface area contributed by atoms with Crippen LogP contribution in [0.4, 0.5) is 4.79 Å². The molecule has 1 heterocycles. The van der Waals surface area contributed by atoms with Crippen LogP contribution in [0.2, 0.25) is 0 Å². The van der Waals surface area contributed by atoms with E-state index in [-0.39, 0.29) is 18.6 Å². The predicted molar refractivity (Wildman–Crippen MR) is 94.8 cm³/mol. The fourth-order valence-electron chi connectivity index (χ4n) is 3.04. The van der Waals surface area contributed by atoms with Crippen LogP contribution < -0.4 is 21.9 Å². The summed E-state index contributed by atoms with van der Waals surface area (Å²) in [5.74, 6) is 0.341. The molecule has 1 aliphatic carbocycles. The average molecular weight is 342 g/mol. The number of hydrogen-bond donors (Lipinski definition) is 3. The normalized spacial score (nSPS) is 15.4. The van der Waals surface area contributed by atoms with E-state index < -0.39 is 11.2 Å². The van der Waals surface area contributed by atoms with Gasteiger partial charge in [0, 0.05) is 24.7 Å². The molecule has 3 rings (SSSR count). The number of hydrogen-bond acceptors (Lipinski definition) is 3. The van der Waals surface area contributed by atoms with Crippen molar-refractivity contribution in [3.8, 4) is 0 Å². The van der Waals surface area contributed by atoms with Gasteiger partial charge >= 0.3 is 11.7 Å². The number of H-pyrrole nitrogens is 1. The first-order valence-corrected chi connectivity index (χ1v) is 8.39. The molecular weight excluding hydrogens is 320 g/mol. The molecule has 7 nitrogen and oxygen atoms in total. The van der Waals surface area contributed by atoms with Gasteiger partial charge in [-0.15, -0.1) is 0 Å². The Kier molecular flexibility index (Phi) is 4.74. The first-order chi connectivity index (χ1) is 12.0. The molecule has 132 valence electrons. The summed E-state index contributed by atoms with van der Waals surface area (Å²) in [5, 5.41) is 5.50. The molecule has 3 N–H and O–H groups in total. The number of fused-ring (bicyclic) bond motifs is 1. The van der Waals surface area contributed by atoms with Crippen molar-refractivity contribution in [1.82, 2.24) is 20.2 Å². The van der Waals surface area contributed by atoms with Crippen molar-refractivity contribution in [2.75, 3.05) is 6.54 Å². The molecule has 1 atom stereocenters. The van der Waals surface area contributed by atoms with Crippen LogP contribution in [0.25, 0.3) is 0 Å². The van der Waals surface area contributed by atoms with Crippen LogP contribution in [0.1, 0.15) is 42.5 Å². The number of benzene rings is 1. The number of rotatable bonds is 5. The Hall–Kier alpha value is -2.83. The maximum atomic E-state index is 12.0. The van der Waals surface area contributed by atoms with Crippen molar-refractivity contribution < 1.29 is 4.79 Å². The van der Waals surface area contributed by atoms with Gasteiger partial charge in [0.25, 0.3) is 5.56 Å². The Morgan fingerprint density at radius 2 is 2.04 bits per heavy atom. The highest BCUT2D eigenvalue weighted by atomic mass is 16.2. The predicted octanol–water partition coefficient (Wildman–Crippen LogP) is 1.26. The molecule has 25 heavy (non-hydrogen) atoms. The van der Waals surface area contributed by atoms with E-state index in [0.717, 1.165) is 6.42 Å². The summed E-state index contributed by atoms with van der Waals surface area (Å²) < 4.78 is 1.43. The van der Waals surface area contributed by atoms with E-state index in [1.807, 2.05) is 26.0 Å². The van der Waals surface area contributed by atoms with Gasteiger partial charge < -0.3 is 10.6 Å². The Balaban J connectivity index is 1.54. The van der Waals surface area contributed by atoms with E-state index in [1.165, 1.54) is 21.9 Å². The lowest BCUT2D eigenvalue weighted by Gasteiger charge is -2.30. The molecule has 1 aliphatic rings. The van der Waals surface area contributed by atoms with Gasteiger partial charge in [-0.05, 0) is 31.4 Å². The summed E-state index contributed by atoms with van der Waals surface area (Å²) in [6.07, 6.45) is 2.46. The topological polar surface area (TPSA) is 96.0 Å². The van der Waals surface area contributed by atoms with Gasteiger partial charge in [-0.3, -0.25) is 14.3 Å². The van der Waals surface area contributed by atoms with Crippen molar-refractivity contribution in [3.05, 3.63) is 68.0 Å². The molecule has 0 radical (unpaired) electrons. The zero-order chi connectivity index (χ0) is 18.0. The SMILES string of the molecule is CC(C)n1cc(CNC(=O)NCC2Cc3ccccc32)c(=O)[nH]c1=O. The van der Waals surface area contributed by atoms with E-state index in [9.17, 15) is 14.4 Å². The van der Waals surface area contributed by atoms with Crippen LogP contribution in [0.3, 0.4) is 0 Å². The Morgan fingerprint density at radius 1 is 1.28 bits per heavy atom. The lowest BCUT2D eigenvalue weighted by Crippen LogP contribution is -2.41. The minimum absolute atomic E-state index is 0.0649. The zero-order valence-corrected chi connectivity index (χ0v) is 14.3. The summed E-state index contributed by atoms with van der Waals surface area (Å²) in [4.78, 5) is 37.8. The molecule has 7 heteroatoms. The van der Waals surface area contributed by atoms with Gasteiger partial charge in [0.15, 0.2) is 0 Å². The Labute approximate surface area is 145 Å². The third-order valence-electron chi connectivity index (χ3n) is 4.51. The summed E-state index contributed by atoms with van der Waals surface area (Å²) in [6.45, 7) is 4.32. The van der Waals surface area contributed by atoms with Crippen LogP contribution >= 0.6 is 0 Å². The monoisotopic (exact) mass is 342 g/mol. The maximum absolute atomic E-state index is 12.0. The van der Waals surface area contributed by atoms with Crippen molar-refractivity contribution in [2.24, 2.45) is 0 Å². The first kappa shape index (κ1) is 17.0. The minimum Gasteiger partial charge on any atom is -0.338 e. The third-order valence-corrected chi connectivity index (χ3v) is 4.51. The molecule has 0 spiro atoms. The fraction of sp³-hybridized carbons (Fsp3) is 0.389. The second kappa shape index (κ2) is 6.96. The standard InChI is InChI=1S/C18H22N4O3/c1-11(2)22-10-14(16(23)21-18(22)25)9-20-17(24)19-8-13-7-12-5-3-4-6-15(12)13/h3-6,10-11,13H,7-9H2,1-2H3,(H2,19,20,24)(H,21,23,25). The highest BCUT2D eigenvalue weighted by Crippen LogP contribution is 2.33. The largest absolute Gasteiger partial charge is 0.338 e. The van der Waals surface area contributed by atoms with Crippen LogP contribution in [0.5, 0.6) is 0 Å². The summed E-state index contributed by atoms with van der Waals surface area (Å²) in [6, 6.07) is 7.80. The molecule has 0 saturated heterocycles. The number of aromatic amines is 1. The number of urea groups is 1. The Bertz CT molecular complexity index is 898. The van der Waals surface area contributed by atoms with Gasteiger partial charge in [0.05, 0.1) is 12.1 Å². The van der Waals surface area contributed by atoms with E-state index in [4.69, 9.17) is 0 Å². The average Bonchev–Trinajstić information content (AvgIpc) is 2.54. The highest BCUT2D eigenvalue weighted by molar-refractivity contribution is 5.74. The van der Waals surface area contributed by atoms with Gasteiger partial charge in [-0.1, -0.05) is 24.3 Å². The molecule has 1 aromatic carbocycles. The smallest absolute Gasteiger partial charge is 0.328 e. The van der Waals surface area contributed by atoms with Gasteiger partial charge in [-0.25, -0.2) is 9.59 Å². The summed E-state index contributed by atoms with van der Waals surface area (Å²) >= 11 is 0. The van der Waals surface area contributed by atoms with Crippen molar-refractivity contribution in [2.45, 2.75) is 38.8 Å². The van der Waals surface area contributed by atoms with Gasteiger partial charge in [-0.2, -0.15) is 0 Å². The molecule has 0 saturated carbocycles. The van der Waals surface area contributed by atoms with Crippen molar-refractivity contribution in [1.29, 1.82) is 0 Å². The van der Waals surface area contributed by atoms with E-state index in [0.29, 0.717) is 18.0 Å². The molecule has 0 fully saturated rings. The fourth-order valence-corrected chi connectivity index (χ4v) is 3.04. The quantitative estimate of drug-likeness (QED) is 0.763. The lowest BCUT2D eigenvalue weighted by molar-refractivity contribution is 0.239. The molecule has 2 amide bonds. The second-order valence-corrected chi connectivity index (χ2v) is 6.58. The third kappa shape index (κ3) is 3.65. The minimum atomic E-state index is -0.477. The molecule has 1 aromatic heterocycles. The molecule has 0 bridgehead atoms. The van der Waals surface area contributed by atoms with Crippen molar-refractivity contribution >= 4 is 6.03 Å². The first-order valence-electron chi connectivity index (χ1n) is 8.39. The number of amides is 2. The lowest BCUT2D eigenvalue weighted by atomic mass is 9.78. The van der Waals surface area contributed by atoms with Crippen molar-refractivity contribution in [3.63, 3.8) is 0 Å². The molecular formula is C18H22N4O3. The second-order valence-electron chi connectivity index (χ2n) is 6.58.